The first-order chi connectivity index (χ1) is 10.3. The maximum atomic E-state index is 14.4. The first-order valence-electron chi connectivity index (χ1n) is 7.14. The van der Waals surface area contributed by atoms with E-state index in [-0.39, 0.29) is 0 Å². The molecule has 0 saturated carbocycles. The van der Waals surface area contributed by atoms with E-state index in [1.54, 1.807) is 17.4 Å². The number of hydrogen-bond donors (Lipinski definition) is 0. The Morgan fingerprint density at radius 3 is 2.41 bits per heavy atom. The monoisotopic (exact) mass is 320 g/mol. The molecule has 2 aromatic heterocycles. The van der Waals surface area contributed by atoms with Crippen molar-refractivity contribution in [1.82, 2.24) is 0 Å². The van der Waals surface area contributed by atoms with Crippen LogP contribution in [0.5, 0.6) is 0 Å². The standard InChI is InChI=1S/C16H18BFO3S/c1-15(2)16(3,4)21-17(20-15)14(18)9-12-5-6-13(19-12)11-7-8-22-10-11/h5-10H,1-4H3. The maximum absolute atomic E-state index is 14.4. The zero-order valence-electron chi connectivity index (χ0n) is 13.1. The minimum absolute atomic E-state index is 0.438. The Morgan fingerprint density at radius 1 is 1.14 bits per heavy atom. The van der Waals surface area contributed by atoms with Crippen molar-refractivity contribution in [2.75, 3.05) is 0 Å². The molecule has 0 amide bonds. The van der Waals surface area contributed by atoms with E-state index in [9.17, 15) is 4.39 Å². The van der Waals surface area contributed by atoms with Gasteiger partial charge in [-0.1, -0.05) is 0 Å². The van der Waals surface area contributed by atoms with Crippen molar-refractivity contribution in [2.45, 2.75) is 38.9 Å². The van der Waals surface area contributed by atoms with Crippen LogP contribution in [-0.4, -0.2) is 18.3 Å². The summed E-state index contributed by atoms with van der Waals surface area (Å²) in [7, 11) is -1.00. The molecule has 0 spiro atoms. The minimum atomic E-state index is -1.00. The van der Waals surface area contributed by atoms with E-state index in [1.165, 1.54) is 6.08 Å². The third-order valence-corrected chi connectivity index (χ3v) is 4.87. The molecule has 0 atom stereocenters. The molecule has 6 heteroatoms. The first kappa shape index (κ1) is 15.5. The van der Waals surface area contributed by atoms with Crippen molar-refractivity contribution < 1.29 is 18.1 Å². The van der Waals surface area contributed by atoms with Crippen LogP contribution in [0.25, 0.3) is 17.4 Å². The molecule has 116 valence electrons. The van der Waals surface area contributed by atoms with Crippen LogP contribution in [0.4, 0.5) is 4.39 Å². The van der Waals surface area contributed by atoms with Gasteiger partial charge in [-0.15, -0.1) is 0 Å². The van der Waals surface area contributed by atoms with Crippen LogP contribution in [0.2, 0.25) is 0 Å². The van der Waals surface area contributed by atoms with E-state index in [4.69, 9.17) is 13.7 Å². The van der Waals surface area contributed by atoms with Crippen LogP contribution in [0.3, 0.4) is 0 Å². The molecule has 0 unspecified atom stereocenters. The molecule has 1 aliphatic rings. The van der Waals surface area contributed by atoms with E-state index in [0.29, 0.717) is 11.5 Å². The molecule has 0 aliphatic carbocycles. The van der Waals surface area contributed by atoms with Crippen LogP contribution in [0.1, 0.15) is 33.5 Å². The van der Waals surface area contributed by atoms with Crippen molar-refractivity contribution in [3.8, 4) is 11.3 Å². The lowest BCUT2D eigenvalue weighted by Gasteiger charge is -2.32. The highest BCUT2D eigenvalue weighted by Crippen LogP contribution is 2.39. The second-order valence-electron chi connectivity index (χ2n) is 6.33. The third-order valence-electron chi connectivity index (χ3n) is 4.19. The molecule has 0 N–H and O–H groups in total. The van der Waals surface area contributed by atoms with E-state index in [1.807, 2.05) is 50.6 Å². The molecule has 3 heterocycles. The van der Waals surface area contributed by atoms with Crippen LogP contribution >= 0.6 is 11.3 Å². The number of furan rings is 1. The summed E-state index contributed by atoms with van der Waals surface area (Å²) in [5.74, 6) is 1.16. The van der Waals surface area contributed by atoms with Gasteiger partial charge in [0.2, 0.25) is 0 Å². The first-order valence-corrected chi connectivity index (χ1v) is 8.08. The maximum Gasteiger partial charge on any atom is 0.525 e. The van der Waals surface area contributed by atoms with Crippen molar-refractivity contribution in [3.63, 3.8) is 0 Å². The summed E-state index contributed by atoms with van der Waals surface area (Å²) < 4.78 is 31.4. The van der Waals surface area contributed by atoms with E-state index in [2.05, 4.69) is 0 Å². The van der Waals surface area contributed by atoms with Gasteiger partial charge in [-0.25, -0.2) is 4.39 Å². The second-order valence-corrected chi connectivity index (χ2v) is 7.11. The van der Waals surface area contributed by atoms with Crippen molar-refractivity contribution >= 4 is 24.5 Å². The van der Waals surface area contributed by atoms with Gasteiger partial charge >= 0.3 is 7.12 Å². The number of thiophene rings is 1. The fraction of sp³-hybridized carbons (Fsp3) is 0.375. The smallest absolute Gasteiger partial charge is 0.457 e. The van der Waals surface area contributed by atoms with Crippen LogP contribution in [0, 0.1) is 0 Å². The molecule has 22 heavy (non-hydrogen) atoms. The van der Waals surface area contributed by atoms with Crippen molar-refractivity contribution in [2.24, 2.45) is 0 Å². The Balaban J connectivity index is 1.79. The van der Waals surface area contributed by atoms with Gasteiger partial charge in [0.15, 0.2) is 0 Å². The Hall–Kier alpha value is -1.37. The average Bonchev–Trinajstić information content (AvgIpc) is 3.09. The normalized spacial score (nSPS) is 20.6. The Bertz CT molecular complexity index is 672. The summed E-state index contributed by atoms with van der Waals surface area (Å²) in [5, 5.41) is 3.95. The summed E-state index contributed by atoms with van der Waals surface area (Å²) >= 11 is 1.59. The molecular weight excluding hydrogens is 302 g/mol. The summed E-state index contributed by atoms with van der Waals surface area (Å²) in [6.45, 7) is 7.56. The predicted octanol–water partition coefficient (Wildman–Crippen LogP) is 4.95. The lowest BCUT2D eigenvalue weighted by atomic mass is 9.87. The largest absolute Gasteiger partial charge is 0.525 e. The highest BCUT2D eigenvalue weighted by atomic mass is 32.1. The Morgan fingerprint density at radius 2 is 1.82 bits per heavy atom. The van der Waals surface area contributed by atoms with Gasteiger partial charge in [0.05, 0.1) is 11.2 Å². The van der Waals surface area contributed by atoms with Gasteiger partial charge in [-0.3, -0.25) is 0 Å². The van der Waals surface area contributed by atoms with Gasteiger partial charge in [0.1, 0.15) is 17.2 Å². The highest BCUT2D eigenvalue weighted by Gasteiger charge is 2.53. The zero-order chi connectivity index (χ0) is 16.0. The van der Waals surface area contributed by atoms with Crippen molar-refractivity contribution in [3.05, 3.63) is 40.4 Å². The lowest BCUT2D eigenvalue weighted by Crippen LogP contribution is -2.41. The van der Waals surface area contributed by atoms with E-state index in [0.717, 1.165) is 5.56 Å². The molecule has 2 aromatic rings. The number of hydrogen-bond acceptors (Lipinski definition) is 4. The predicted molar refractivity (Wildman–Crippen MR) is 87.2 cm³/mol. The molecule has 1 saturated heterocycles. The van der Waals surface area contributed by atoms with Crippen molar-refractivity contribution in [1.29, 1.82) is 0 Å². The summed E-state index contributed by atoms with van der Waals surface area (Å²) in [5.41, 5.74) is -0.632. The molecule has 3 rings (SSSR count). The highest BCUT2D eigenvalue weighted by molar-refractivity contribution is 7.08. The topological polar surface area (TPSA) is 31.6 Å². The summed E-state index contributed by atoms with van der Waals surface area (Å²) in [4.78, 5) is 0. The van der Waals surface area contributed by atoms with E-state index >= 15 is 0 Å². The van der Waals surface area contributed by atoms with Gasteiger partial charge in [-0.05, 0) is 51.3 Å². The number of rotatable bonds is 3. The Kier molecular flexibility index (Phi) is 3.79. The quantitative estimate of drug-likeness (QED) is 0.750. The zero-order valence-corrected chi connectivity index (χ0v) is 13.9. The fourth-order valence-electron chi connectivity index (χ4n) is 2.15. The van der Waals surface area contributed by atoms with Crippen LogP contribution in [-0.2, 0) is 9.31 Å². The van der Waals surface area contributed by atoms with E-state index < -0.39 is 24.0 Å². The SMILES string of the molecule is CC1(C)OB(C(F)=Cc2ccc(-c3ccsc3)o2)OC1(C)C. The molecule has 0 aromatic carbocycles. The van der Waals surface area contributed by atoms with Crippen LogP contribution in [0.15, 0.2) is 39.1 Å². The molecule has 0 bridgehead atoms. The lowest BCUT2D eigenvalue weighted by molar-refractivity contribution is 0.00578. The minimum Gasteiger partial charge on any atom is -0.457 e. The fourth-order valence-corrected chi connectivity index (χ4v) is 2.79. The van der Waals surface area contributed by atoms with Gasteiger partial charge in [-0.2, -0.15) is 11.3 Å². The molecule has 3 nitrogen and oxygen atoms in total. The van der Waals surface area contributed by atoms with Gasteiger partial charge < -0.3 is 13.7 Å². The molecule has 1 aliphatic heterocycles. The van der Waals surface area contributed by atoms with Gasteiger partial charge in [0, 0.05) is 17.0 Å². The summed E-state index contributed by atoms with van der Waals surface area (Å²) in [6.07, 6.45) is 1.32. The average molecular weight is 320 g/mol. The second kappa shape index (κ2) is 5.37. The molecular formula is C16H18BFO3S. The summed E-state index contributed by atoms with van der Waals surface area (Å²) in [6, 6.07) is 5.52. The molecule has 1 fully saturated rings. The number of halogens is 1. The molecule has 0 radical (unpaired) electrons. The van der Waals surface area contributed by atoms with Gasteiger partial charge in [0.25, 0.3) is 0 Å². The van der Waals surface area contributed by atoms with Crippen LogP contribution < -0.4 is 0 Å². The Labute approximate surface area is 133 Å². The third kappa shape index (κ3) is 2.78.